The van der Waals surface area contributed by atoms with E-state index in [1.54, 1.807) is 0 Å². The smallest absolute Gasteiger partial charge is 0.346 e. The van der Waals surface area contributed by atoms with E-state index >= 15 is 0 Å². The van der Waals surface area contributed by atoms with Gasteiger partial charge in [0.25, 0.3) is 0 Å². The Morgan fingerprint density at radius 1 is 1.44 bits per heavy atom. The van der Waals surface area contributed by atoms with Crippen molar-refractivity contribution in [2.75, 3.05) is 6.54 Å². The molecule has 0 radical (unpaired) electrons. The summed E-state index contributed by atoms with van der Waals surface area (Å²) in [7, 11) is 0. The fourth-order valence-corrected chi connectivity index (χ4v) is 2.92. The molecule has 2 N–H and O–H groups in total. The van der Waals surface area contributed by atoms with Gasteiger partial charge in [-0.15, -0.1) is 17.9 Å². The van der Waals surface area contributed by atoms with Gasteiger partial charge in [-0.3, -0.25) is 0 Å². The molecule has 0 atom stereocenters. The highest BCUT2D eigenvalue weighted by atomic mass is 32.1. The van der Waals surface area contributed by atoms with E-state index in [9.17, 15) is 9.90 Å². The summed E-state index contributed by atoms with van der Waals surface area (Å²) in [5, 5.41) is 13.5. The fraction of sp³-hybridized carbons (Fsp3) is 0.214. The molecule has 0 bridgehead atoms. The van der Waals surface area contributed by atoms with Crippen molar-refractivity contribution in [3.05, 3.63) is 47.4 Å². The fourth-order valence-electron chi connectivity index (χ4n) is 1.86. The second kappa shape index (κ2) is 5.80. The number of nitrogens with one attached hydrogen (secondary N) is 1. The normalized spacial score (nSPS) is 10.7. The third kappa shape index (κ3) is 2.60. The largest absolute Gasteiger partial charge is 0.477 e. The van der Waals surface area contributed by atoms with Gasteiger partial charge < -0.3 is 10.4 Å². The lowest BCUT2D eigenvalue weighted by atomic mass is 10.1. The van der Waals surface area contributed by atoms with Crippen molar-refractivity contribution >= 4 is 27.4 Å². The predicted octanol–water partition coefficient (Wildman–Crippen LogP) is 3.27. The number of fused-ring (bicyclic) bond motifs is 1. The molecule has 2 aromatic rings. The Hall–Kier alpha value is -1.65. The molecule has 0 spiro atoms. The molecule has 0 amide bonds. The molecule has 18 heavy (non-hydrogen) atoms. The maximum atomic E-state index is 11.2. The van der Waals surface area contributed by atoms with Crippen molar-refractivity contribution < 1.29 is 9.90 Å². The number of thiophene rings is 1. The molecular formula is C14H15NO2S. The molecule has 0 fully saturated rings. The highest BCUT2D eigenvalue weighted by Crippen LogP contribution is 2.31. The quantitative estimate of drug-likeness (QED) is 0.620. The number of hydrogen-bond acceptors (Lipinski definition) is 3. The molecule has 3 nitrogen and oxygen atoms in total. The second-order valence-corrected chi connectivity index (χ2v) is 5.02. The van der Waals surface area contributed by atoms with Gasteiger partial charge in [-0.1, -0.05) is 24.3 Å². The van der Waals surface area contributed by atoms with Crippen LogP contribution in [-0.4, -0.2) is 17.6 Å². The molecule has 1 aromatic heterocycles. The number of carboxylic acids is 1. The van der Waals surface area contributed by atoms with Gasteiger partial charge in [0.2, 0.25) is 0 Å². The molecular weight excluding hydrogens is 246 g/mol. The minimum atomic E-state index is -0.850. The lowest BCUT2D eigenvalue weighted by Gasteiger charge is -2.03. The number of benzene rings is 1. The molecule has 0 aliphatic heterocycles. The molecule has 94 valence electrons. The van der Waals surface area contributed by atoms with Crippen LogP contribution in [0.15, 0.2) is 36.9 Å². The molecule has 2 rings (SSSR count). The van der Waals surface area contributed by atoms with Crippen molar-refractivity contribution in [2.24, 2.45) is 0 Å². The lowest BCUT2D eigenvalue weighted by molar-refractivity contribution is 0.0701. The minimum Gasteiger partial charge on any atom is -0.477 e. The Morgan fingerprint density at radius 2 is 2.22 bits per heavy atom. The SMILES string of the molecule is C=CCCNCc1c(C(=O)O)sc2ccccc12. The van der Waals surface area contributed by atoms with Crippen molar-refractivity contribution in [3.63, 3.8) is 0 Å². The summed E-state index contributed by atoms with van der Waals surface area (Å²) in [5.74, 6) is -0.850. The van der Waals surface area contributed by atoms with Crippen LogP contribution in [0.4, 0.5) is 0 Å². The number of rotatable bonds is 6. The van der Waals surface area contributed by atoms with Gasteiger partial charge in [0.15, 0.2) is 0 Å². The summed E-state index contributed by atoms with van der Waals surface area (Å²) in [6.07, 6.45) is 2.72. The summed E-state index contributed by atoms with van der Waals surface area (Å²) in [4.78, 5) is 11.7. The molecule has 4 heteroatoms. The Balaban J connectivity index is 2.30. The van der Waals surface area contributed by atoms with Crippen LogP contribution in [-0.2, 0) is 6.54 Å². The Labute approximate surface area is 110 Å². The average molecular weight is 261 g/mol. The van der Waals surface area contributed by atoms with Crippen LogP contribution < -0.4 is 5.32 Å². The summed E-state index contributed by atoms with van der Waals surface area (Å²) < 4.78 is 1.02. The monoisotopic (exact) mass is 261 g/mol. The minimum absolute atomic E-state index is 0.433. The molecule has 0 unspecified atom stereocenters. The van der Waals surface area contributed by atoms with E-state index in [0.29, 0.717) is 11.4 Å². The zero-order valence-electron chi connectivity index (χ0n) is 9.98. The van der Waals surface area contributed by atoms with Gasteiger partial charge in [0, 0.05) is 11.2 Å². The van der Waals surface area contributed by atoms with Crippen molar-refractivity contribution in [1.82, 2.24) is 5.32 Å². The van der Waals surface area contributed by atoms with Crippen molar-refractivity contribution in [3.8, 4) is 0 Å². The van der Waals surface area contributed by atoms with Gasteiger partial charge >= 0.3 is 5.97 Å². The van der Waals surface area contributed by atoms with Crippen LogP contribution in [0, 0.1) is 0 Å². The van der Waals surface area contributed by atoms with Crippen LogP contribution in [0.1, 0.15) is 21.7 Å². The molecule has 0 aliphatic rings. The van der Waals surface area contributed by atoms with E-state index in [-0.39, 0.29) is 0 Å². The third-order valence-electron chi connectivity index (χ3n) is 2.72. The molecule has 0 saturated carbocycles. The number of aromatic carboxylic acids is 1. The van der Waals surface area contributed by atoms with Gasteiger partial charge in [-0.25, -0.2) is 4.79 Å². The second-order valence-electron chi connectivity index (χ2n) is 3.97. The maximum Gasteiger partial charge on any atom is 0.346 e. The van der Waals surface area contributed by atoms with Crippen LogP contribution in [0.3, 0.4) is 0 Å². The van der Waals surface area contributed by atoms with Gasteiger partial charge in [-0.2, -0.15) is 0 Å². The van der Waals surface area contributed by atoms with Crippen LogP contribution in [0.5, 0.6) is 0 Å². The van der Waals surface area contributed by atoms with E-state index in [1.807, 2.05) is 30.3 Å². The van der Waals surface area contributed by atoms with Crippen LogP contribution >= 0.6 is 11.3 Å². The summed E-state index contributed by atoms with van der Waals surface area (Å²) >= 11 is 1.34. The Morgan fingerprint density at radius 3 is 2.94 bits per heavy atom. The van der Waals surface area contributed by atoms with Crippen molar-refractivity contribution in [2.45, 2.75) is 13.0 Å². The number of carboxylic acid groups (broad SMARTS) is 1. The summed E-state index contributed by atoms with van der Waals surface area (Å²) in [6.45, 7) is 5.05. The van der Waals surface area contributed by atoms with Crippen LogP contribution in [0.25, 0.3) is 10.1 Å². The molecule has 0 aliphatic carbocycles. The number of carbonyl (C=O) groups is 1. The molecule has 0 saturated heterocycles. The van der Waals surface area contributed by atoms with E-state index in [2.05, 4.69) is 11.9 Å². The van der Waals surface area contributed by atoms with E-state index in [0.717, 1.165) is 28.6 Å². The standard InChI is InChI=1S/C14H15NO2S/c1-2-3-8-15-9-11-10-6-4-5-7-12(10)18-13(11)14(16)17/h2,4-7,15H,1,3,8-9H2,(H,16,17). The zero-order valence-corrected chi connectivity index (χ0v) is 10.8. The van der Waals surface area contributed by atoms with E-state index in [4.69, 9.17) is 0 Å². The van der Waals surface area contributed by atoms with Crippen LogP contribution in [0.2, 0.25) is 0 Å². The highest BCUT2D eigenvalue weighted by Gasteiger charge is 2.16. The zero-order chi connectivity index (χ0) is 13.0. The first-order valence-corrected chi connectivity index (χ1v) is 6.61. The topological polar surface area (TPSA) is 49.3 Å². The maximum absolute atomic E-state index is 11.2. The van der Waals surface area contributed by atoms with Gasteiger partial charge in [-0.05, 0) is 30.0 Å². The molecule has 1 heterocycles. The van der Waals surface area contributed by atoms with E-state index in [1.165, 1.54) is 11.3 Å². The average Bonchev–Trinajstić information content (AvgIpc) is 2.74. The van der Waals surface area contributed by atoms with E-state index < -0.39 is 5.97 Å². The summed E-state index contributed by atoms with van der Waals surface area (Å²) in [6, 6.07) is 7.80. The first-order valence-electron chi connectivity index (χ1n) is 5.79. The van der Waals surface area contributed by atoms with Crippen molar-refractivity contribution in [1.29, 1.82) is 0 Å². The first kappa shape index (κ1) is 12.8. The third-order valence-corrected chi connectivity index (χ3v) is 3.92. The van der Waals surface area contributed by atoms with Gasteiger partial charge in [0.05, 0.1) is 0 Å². The highest BCUT2D eigenvalue weighted by molar-refractivity contribution is 7.21. The first-order chi connectivity index (χ1) is 8.74. The lowest BCUT2D eigenvalue weighted by Crippen LogP contribution is -2.15. The molecule has 1 aromatic carbocycles. The number of hydrogen-bond donors (Lipinski definition) is 2. The Kier molecular flexibility index (Phi) is 4.12. The Bertz CT molecular complexity index is 574. The summed E-state index contributed by atoms with van der Waals surface area (Å²) in [5.41, 5.74) is 0.882. The van der Waals surface area contributed by atoms with Gasteiger partial charge in [0.1, 0.15) is 4.88 Å². The predicted molar refractivity (Wildman–Crippen MR) is 75.3 cm³/mol.